The van der Waals surface area contributed by atoms with E-state index < -0.39 is 6.10 Å². The normalized spacial score (nSPS) is 12.1. The summed E-state index contributed by atoms with van der Waals surface area (Å²) in [5, 5.41) is 9.57. The van der Waals surface area contributed by atoms with Crippen molar-refractivity contribution < 1.29 is 14.7 Å². The van der Waals surface area contributed by atoms with Crippen molar-refractivity contribution in [2.24, 2.45) is 0 Å². The highest BCUT2D eigenvalue weighted by Gasteiger charge is 2.10. The predicted octanol–water partition coefficient (Wildman–Crippen LogP) is 1.21. The molecule has 0 saturated carbocycles. The van der Waals surface area contributed by atoms with Crippen molar-refractivity contribution in [3.8, 4) is 0 Å². The zero-order chi connectivity index (χ0) is 11.8. The van der Waals surface area contributed by atoms with Crippen LogP contribution in [0.15, 0.2) is 35.2 Å². The lowest BCUT2D eigenvalue weighted by Gasteiger charge is -2.09. The first-order valence-corrected chi connectivity index (χ1v) is 5.88. The molecule has 0 unspecified atom stereocenters. The van der Waals surface area contributed by atoms with Crippen molar-refractivity contribution in [3.63, 3.8) is 0 Å². The third-order valence-corrected chi connectivity index (χ3v) is 2.98. The first kappa shape index (κ1) is 13.0. The van der Waals surface area contributed by atoms with E-state index in [-0.39, 0.29) is 12.3 Å². The van der Waals surface area contributed by atoms with Gasteiger partial charge < -0.3 is 5.11 Å². The highest BCUT2D eigenvalue weighted by molar-refractivity contribution is 7.99. The highest BCUT2D eigenvalue weighted by Crippen LogP contribution is 2.18. The highest BCUT2D eigenvalue weighted by atomic mass is 32.2. The number of hydrogen-bond donors (Lipinski definition) is 2. The minimum Gasteiger partial charge on any atom is -0.392 e. The summed E-state index contributed by atoms with van der Waals surface area (Å²) in [5.74, 6) is 0.171. The van der Waals surface area contributed by atoms with Crippen LogP contribution in [0, 0.1) is 0 Å². The van der Waals surface area contributed by atoms with Crippen LogP contribution in [0.4, 0.5) is 0 Å². The monoisotopic (exact) mass is 241 g/mol. The number of rotatable bonds is 6. The Morgan fingerprint density at radius 1 is 1.50 bits per heavy atom. The minimum absolute atomic E-state index is 0.0493. The maximum atomic E-state index is 11.1. The van der Waals surface area contributed by atoms with Gasteiger partial charge in [-0.05, 0) is 12.1 Å². The Morgan fingerprint density at radius 2 is 2.19 bits per heavy atom. The van der Waals surface area contributed by atoms with E-state index in [1.807, 2.05) is 30.3 Å². The molecule has 2 N–H and O–H groups in total. The summed E-state index contributed by atoms with van der Waals surface area (Å²) in [6, 6.07) is 9.74. The van der Waals surface area contributed by atoms with Gasteiger partial charge >= 0.3 is 0 Å². The molecule has 5 heteroatoms. The second-order valence-corrected chi connectivity index (χ2v) is 4.30. The van der Waals surface area contributed by atoms with Crippen LogP contribution in [0.2, 0.25) is 0 Å². The molecular formula is C11H15NO3S. The van der Waals surface area contributed by atoms with E-state index in [1.165, 1.54) is 18.9 Å². The van der Waals surface area contributed by atoms with E-state index in [0.717, 1.165) is 4.90 Å². The number of carbonyl (C=O) groups excluding carboxylic acids is 1. The Morgan fingerprint density at radius 3 is 2.81 bits per heavy atom. The summed E-state index contributed by atoms with van der Waals surface area (Å²) in [6.07, 6.45) is -0.617. The molecule has 1 amide bonds. The molecule has 0 aliphatic rings. The Balaban J connectivity index is 2.25. The minimum atomic E-state index is -0.666. The van der Waals surface area contributed by atoms with Crippen LogP contribution in [-0.4, -0.2) is 30.0 Å². The van der Waals surface area contributed by atoms with Gasteiger partial charge in [-0.2, -0.15) is 0 Å². The van der Waals surface area contributed by atoms with Crippen LogP contribution in [0.5, 0.6) is 0 Å². The molecule has 0 aliphatic carbocycles. The van der Waals surface area contributed by atoms with Crippen LogP contribution in [0.3, 0.4) is 0 Å². The van der Waals surface area contributed by atoms with Crippen molar-refractivity contribution >= 4 is 17.7 Å². The van der Waals surface area contributed by atoms with E-state index in [0.29, 0.717) is 5.75 Å². The Kier molecular flexibility index (Phi) is 5.92. The number of nitrogens with one attached hydrogen (secondary N) is 1. The molecule has 1 atom stereocenters. The van der Waals surface area contributed by atoms with Crippen molar-refractivity contribution in [2.45, 2.75) is 17.4 Å². The zero-order valence-electron chi connectivity index (χ0n) is 9.05. The topological polar surface area (TPSA) is 58.6 Å². The van der Waals surface area contributed by atoms with Crippen LogP contribution in [-0.2, 0) is 9.63 Å². The van der Waals surface area contributed by atoms with Gasteiger partial charge in [-0.25, -0.2) is 5.48 Å². The van der Waals surface area contributed by atoms with E-state index in [4.69, 9.17) is 0 Å². The van der Waals surface area contributed by atoms with E-state index in [1.54, 1.807) is 0 Å². The molecule has 0 heterocycles. The van der Waals surface area contributed by atoms with Crippen LogP contribution in [0.1, 0.15) is 6.42 Å². The van der Waals surface area contributed by atoms with Crippen LogP contribution >= 0.6 is 11.8 Å². The maximum Gasteiger partial charge on any atom is 0.246 e. The molecule has 0 fully saturated rings. The van der Waals surface area contributed by atoms with Gasteiger partial charge in [-0.3, -0.25) is 9.63 Å². The summed E-state index contributed by atoms with van der Waals surface area (Å²) in [6.45, 7) is 0. The average molecular weight is 241 g/mol. The van der Waals surface area contributed by atoms with Gasteiger partial charge in [0.25, 0.3) is 0 Å². The second kappa shape index (κ2) is 7.27. The lowest BCUT2D eigenvalue weighted by Crippen LogP contribution is -2.27. The van der Waals surface area contributed by atoms with Crippen LogP contribution in [0.25, 0.3) is 0 Å². The summed E-state index contributed by atoms with van der Waals surface area (Å²) in [4.78, 5) is 16.6. The average Bonchev–Trinajstić information content (AvgIpc) is 2.28. The van der Waals surface area contributed by atoms with Crippen molar-refractivity contribution in [3.05, 3.63) is 30.3 Å². The van der Waals surface area contributed by atoms with E-state index in [9.17, 15) is 9.90 Å². The molecule has 1 aromatic rings. The number of hydrogen-bond acceptors (Lipinski definition) is 4. The fourth-order valence-electron chi connectivity index (χ4n) is 1.14. The quantitative estimate of drug-likeness (QED) is 0.580. The van der Waals surface area contributed by atoms with Gasteiger partial charge in [0.2, 0.25) is 5.91 Å². The van der Waals surface area contributed by atoms with Crippen molar-refractivity contribution in [1.82, 2.24) is 5.48 Å². The lowest BCUT2D eigenvalue weighted by atomic mass is 10.3. The van der Waals surface area contributed by atoms with Gasteiger partial charge in [0.1, 0.15) is 0 Å². The number of benzene rings is 1. The Hall–Kier alpha value is -1.04. The molecule has 88 valence electrons. The molecule has 0 spiro atoms. The van der Waals surface area contributed by atoms with E-state index in [2.05, 4.69) is 10.3 Å². The number of carbonyl (C=O) groups is 1. The van der Waals surface area contributed by atoms with Crippen molar-refractivity contribution in [2.75, 3.05) is 12.9 Å². The van der Waals surface area contributed by atoms with Gasteiger partial charge in [0, 0.05) is 10.6 Å². The number of aliphatic hydroxyl groups excluding tert-OH is 1. The first-order valence-electron chi connectivity index (χ1n) is 4.90. The molecule has 0 bridgehead atoms. The summed E-state index contributed by atoms with van der Waals surface area (Å²) in [7, 11) is 1.36. The molecule has 1 aromatic carbocycles. The third kappa shape index (κ3) is 5.16. The van der Waals surface area contributed by atoms with Crippen LogP contribution < -0.4 is 5.48 Å². The SMILES string of the molecule is CONC(=O)C[C@@H](O)CSc1ccccc1. The number of amides is 1. The van der Waals surface area contributed by atoms with E-state index >= 15 is 0 Å². The standard InChI is InChI=1S/C11H15NO3S/c1-15-12-11(14)7-9(13)8-16-10-5-3-2-4-6-10/h2-6,9,13H,7-8H2,1H3,(H,12,14)/t9-/m1/s1. The predicted molar refractivity (Wildman–Crippen MR) is 62.9 cm³/mol. The van der Waals surface area contributed by atoms with Gasteiger partial charge in [-0.1, -0.05) is 18.2 Å². The van der Waals surface area contributed by atoms with Gasteiger partial charge in [0.05, 0.1) is 19.6 Å². The number of hydroxylamine groups is 1. The molecule has 4 nitrogen and oxygen atoms in total. The summed E-state index contributed by atoms with van der Waals surface area (Å²) < 4.78 is 0. The fourth-order valence-corrected chi connectivity index (χ4v) is 1.99. The summed E-state index contributed by atoms with van der Waals surface area (Å²) >= 11 is 1.52. The largest absolute Gasteiger partial charge is 0.392 e. The molecule has 1 rings (SSSR count). The summed E-state index contributed by atoms with van der Waals surface area (Å²) in [5.41, 5.74) is 2.17. The number of thioether (sulfide) groups is 1. The Bertz CT molecular complexity index is 318. The Labute approximate surface area is 99.0 Å². The maximum absolute atomic E-state index is 11.1. The fraction of sp³-hybridized carbons (Fsp3) is 0.364. The first-order chi connectivity index (χ1) is 7.72. The molecule has 0 saturated heterocycles. The molecule has 0 aliphatic heterocycles. The molecule has 0 aromatic heterocycles. The van der Waals surface area contributed by atoms with Crippen molar-refractivity contribution in [1.29, 1.82) is 0 Å². The van der Waals surface area contributed by atoms with Gasteiger partial charge in [0.15, 0.2) is 0 Å². The zero-order valence-corrected chi connectivity index (χ0v) is 9.87. The smallest absolute Gasteiger partial charge is 0.246 e. The third-order valence-electron chi connectivity index (χ3n) is 1.82. The lowest BCUT2D eigenvalue weighted by molar-refractivity contribution is -0.133. The molecule has 16 heavy (non-hydrogen) atoms. The number of aliphatic hydroxyl groups is 1. The molecule has 0 radical (unpaired) electrons. The van der Waals surface area contributed by atoms with Gasteiger partial charge in [-0.15, -0.1) is 11.8 Å². The second-order valence-electron chi connectivity index (χ2n) is 3.21. The molecular weight excluding hydrogens is 226 g/mol.